The molecule has 0 radical (unpaired) electrons. The van der Waals surface area contributed by atoms with Gasteiger partial charge in [-0.1, -0.05) is 20.8 Å². The minimum atomic E-state index is 0.180. The Morgan fingerprint density at radius 3 is 2.61 bits per heavy atom. The van der Waals surface area contributed by atoms with Gasteiger partial charge in [0.25, 0.3) is 0 Å². The molecular weight excluding hydrogens is 226 g/mol. The SMILES string of the molecule is CCCn1cc(C(NC)C(OCC)C(C)C)cn1. The maximum Gasteiger partial charge on any atom is 0.0793 e. The fraction of sp³-hybridized carbons (Fsp3) is 0.786. The summed E-state index contributed by atoms with van der Waals surface area (Å²) in [6.07, 6.45) is 5.36. The minimum absolute atomic E-state index is 0.180. The lowest BCUT2D eigenvalue weighted by Crippen LogP contribution is -2.35. The average molecular weight is 253 g/mol. The van der Waals surface area contributed by atoms with E-state index < -0.39 is 0 Å². The second-order valence-corrected chi connectivity index (χ2v) is 4.97. The first-order chi connectivity index (χ1) is 8.63. The molecule has 0 aromatic carbocycles. The van der Waals surface area contributed by atoms with Crippen molar-refractivity contribution in [2.75, 3.05) is 13.7 Å². The molecule has 0 saturated carbocycles. The van der Waals surface area contributed by atoms with Gasteiger partial charge in [0, 0.05) is 24.9 Å². The van der Waals surface area contributed by atoms with Crippen LogP contribution in [0.5, 0.6) is 0 Å². The highest BCUT2D eigenvalue weighted by Crippen LogP contribution is 2.24. The van der Waals surface area contributed by atoms with Crippen LogP contribution in [0.4, 0.5) is 0 Å². The van der Waals surface area contributed by atoms with Crippen LogP contribution in [0.25, 0.3) is 0 Å². The van der Waals surface area contributed by atoms with Gasteiger partial charge in [-0.3, -0.25) is 4.68 Å². The van der Waals surface area contributed by atoms with Gasteiger partial charge in [0.05, 0.1) is 18.3 Å². The Balaban J connectivity index is 2.84. The van der Waals surface area contributed by atoms with Crippen molar-refractivity contribution < 1.29 is 4.74 Å². The van der Waals surface area contributed by atoms with Crippen LogP contribution in [0.15, 0.2) is 12.4 Å². The van der Waals surface area contributed by atoms with Crippen molar-refractivity contribution in [3.63, 3.8) is 0 Å². The molecule has 1 aromatic heterocycles. The predicted octanol–water partition coefficient (Wildman–Crippen LogP) is 2.61. The lowest BCUT2D eigenvalue weighted by molar-refractivity contribution is 0.00458. The van der Waals surface area contributed by atoms with Gasteiger partial charge >= 0.3 is 0 Å². The van der Waals surface area contributed by atoms with Crippen molar-refractivity contribution in [3.05, 3.63) is 18.0 Å². The molecule has 4 nitrogen and oxygen atoms in total. The van der Waals surface area contributed by atoms with E-state index in [4.69, 9.17) is 4.74 Å². The van der Waals surface area contributed by atoms with E-state index in [1.165, 1.54) is 5.56 Å². The van der Waals surface area contributed by atoms with E-state index in [1.807, 2.05) is 24.9 Å². The lowest BCUT2D eigenvalue weighted by atomic mass is 9.95. The van der Waals surface area contributed by atoms with Crippen LogP contribution < -0.4 is 5.32 Å². The summed E-state index contributed by atoms with van der Waals surface area (Å²) in [4.78, 5) is 0. The molecule has 1 heterocycles. The number of aromatic nitrogens is 2. The molecule has 0 aliphatic heterocycles. The highest BCUT2D eigenvalue weighted by molar-refractivity contribution is 5.12. The number of hydrogen-bond donors (Lipinski definition) is 1. The van der Waals surface area contributed by atoms with Gasteiger partial charge in [-0.15, -0.1) is 0 Å². The normalized spacial score (nSPS) is 15.0. The highest BCUT2D eigenvalue weighted by Gasteiger charge is 2.26. The van der Waals surface area contributed by atoms with Gasteiger partial charge in [0.1, 0.15) is 0 Å². The third kappa shape index (κ3) is 3.82. The largest absolute Gasteiger partial charge is 0.376 e. The van der Waals surface area contributed by atoms with Gasteiger partial charge < -0.3 is 10.1 Å². The molecule has 0 amide bonds. The molecule has 18 heavy (non-hydrogen) atoms. The number of likely N-dealkylation sites (N-methyl/N-ethyl adjacent to an activating group) is 1. The molecule has 1 rings (SSSR count). The molecule has 0 aliphatic rings. The fourth-order valence-corrected chi connectivity index (χ4v) is 2.28. The summed E-state index contributed by atoms with van der Waals surface area (Å²) >= 11 is 0. The number of hydrogen-bond acceptors (Lipinski definition) is 3. The Kier molecular flexibility index (Phi) is 6.36. The Morgan fingerprint density at radius 2 is 2.11 bits per heavy atom. The van der Waals surface area contributed by atoms with Crippen molar-refractivity contribution in [2.45, 2.75) is 52.8 Å². The van der Waals surface area contributed by atoms with Crippen LogP contribution in [0, 0.1) is 5.92 Å². The summed E-state index contributed by atoms with van der Waals surface area (Å²) in [6, 6.07) is 0.204. The van der Waals surface area contributed by atoms with Gasteiger partial charge in [0.15, 0.2) is 0 Å². The fourth-order valence-electron chi connectivity index (χ4n) is 2.28. The first-order valence-corrected chi connectivity index (χ1v) is 6.95. The third-order valence-corrected chi connectivity index (χ3v) is 3.12. The van der Waals surface area contributed by atoms with Crippen LogP contribution in [-0.4, -0.2) is 29.5 Å². The van der Waals surface area contributed by atoms with Crippen molar-refractivity contribution >= 4 is 0 Å². The standard InChI is InChI=1S/C14H27N3O/c1-6-8-17-10-12(9-16-17)13(15-5)14(11(3)4)18-7-2/h9-11,13-15H,6-8H2,1-5H3. The quantitative estimate of drug-likeness (QED) is 0.774. The zero-order valence-electron chi connectivity index (χ0n) is 12.3. The summed E-state index contributed by atoms with van der Waals surface area (Å²) in [6.45, 7) is 10.3. The van der Waals surface area contributed by atoms with E-state index in [0.29, 0.717) is 5.92 Å². The van der Waals surface area contributed by atoms with Gasteiger partial charge in [-0.25, -0.2) is 0 Å². The summed E-state index contributed by atoms with van der Waals surface area (Å²) in [5, 5.41) is 7.76. The molecule has 2 unspecified atom stereocenters. The van der Waals surface area contributed by atoms with E-state index >= 15 is 0 Å². The third-order valence-electron chi connectivity index (χ3n) is 3.12. The summed E-state index contributed by atoms with van der Waals surface area (Å²) in [5.74, 6) is 0.469. The van der Waals surface area contributed by atoms with Crippen molar-refractivity contribution in [1.82, 2.24) is 15.1 Å². The Labute approximate surface area is 111 Å². The highest BCUT2D eigenvalue weighted by atomic mass is 16.5. The average Bonchev–Trinajstić information content (AvgIpc) is 2.78. The maximum absolute atomic E-state index is 5.88. The molecule has 2 atom stereocenters. The van der Waals surface area contributed by atoms with Gasteiger partial charge in [-0.2, -0.15) is 5.10 Å². The molecule has 1 N–H and O–H groups in total. The summed E-state index contributed by atoms with van der Waals surface area (Å²) < 4.78 is 7.88. The first-order valence-electron chi connectivity index (χ1n) is 6.95. The van der Waals surface area contributed by atoms with Crippen LogP contribution in [0.2, 0.25) is 0 Å². The molecule has 0 fully saturated rings. The van der Waals surface area contributed by atoms with Crippen LogP contribution in [-0.2, 0) is 11.3 Å². The first kappa shape index (κ1) is 15.2. The number of rotatable bonds is 8. The topological polar surface area (TPSA) is 39.1 Å². The van der Waals surface area contributed by atoms with Crippen molar-refractivity contribution in [3.8, 4) is 0 Å². The summed E-state index contributed by atoms with van der Waals surface area (Å²) in [7, 11) is 1.98. The van der Waals surface area contributed by atoms with Gasteiger partial charge in [0.2, 0.25) is 0 Å². The summed E-state index contributed by atoms with van der Waals surface area (Å²) in [5.41, 5.74) is 1.21. The van der Waals surface area contributed by atoms with Crippen LogP contribution >= 0.6 is 0 Å². The van der Waals surface area contributed by atoms with E-state index in [-0.39, 0.29) is 12.1 Å². The molecule has 0 spiro atoms. The zero-order valence-corrected chi connectivity index (χ0v) is 12.3. The van der Waals surface area contributed by atoms with Gasteiger partial charge in [-0.05, 0) is 26.3 Å². The monoisotopic (exact) mass is 253 g/mol. The molecule has 0 bridgehead atoms. The van der Waals surface area contributed by atoms with Crippen molar-refractivity contribution in [2.24, 2.45) is 5.92 Å². The lowest BCUT2D eigenvalue weighted by Gasteiger charge is -2.29. The Bertz CT molecular complexity index is 336. The van der Waals surface area contributed by atoms with E-state index in [1.54, 1.807) is 0 Å². The number of nitrogens with zero attached hydrogens (tertiary/aromatic N) is 2. The molecule has 0 aliphatic carbocycles. The molecule has 4 heteroatoms. The van der Waals surface area contributed by atoms with E-state index in [0.717, 1.165) is 19.6 Å². The molecule has 1 aromatic rings. The zero-order chi connectivity index (χ0) is 13.5. The second kappa shape index (κ2) is 7.54. The Morgan fingerprint density at radius 1 is 1.39 bits per heavy atom. The van der Waals surface area contributed by atoms with Crippen molar-refractivity contribution in [1.29, 1.82) is 0 Å². The number of ether oxygens (including phenoxy) is 1. The number of aryl methyl sites for hydroxylation is 1. The molecular formula is C14H27N3O. The second-order valence-electron chi connectivity index (χ2n) is 4.97. The van der Waals surface area contributed by atoms with E-state index in [9.17, 15) is 0 Å². The molecule has 104 valence electrons. The smallest absolute Gasteiger partial charge is 0.0793 e. The predicted molar refractivity (Wildman–Crippen MR) is 74.6 cm³/mol. The maximum atomic E-state index is 5.88. The van der Waals surface area contributed by atoms with Crippen LogP contribution in [0.1, 0.15) is 45.7 Å². The number of nitrogens with one attached hydrogen (secondary N) is 1. The Hall–Kier alpha value is -0.870. The minimum Gasteiger partial charge on any atom is -0.376 e. The van der Waals surface area contributed by atoms with Crippen LogP contribution in [0.3, 0.4) is 0 Å². The van der Waals surface area contributed by atoms with E-state index in [2.05, 4.69) is 37.4 Å². The molecule has 0 saturated heterocycles.